The Hall–Kier alpha value is -1.44. The Labute approximate surface area is 71.9 Å². The lowest BCUT2D eigenvalue weighted by atomic mass is 10.1. The molecule has 0 N–H and O–H groups in total. The number of hydrogen-bond acceptors (Lipinski definition) is 2. The van der Waals surface area contributed by atoms with E-state index in [0.29, 0.717) is 6.42 Å². The first-order chi connectivity index (χ1) is 5.83. The smallest absolute Gasteiger partial charge is 0.155 e. The molecule has 0 amide bonds. The lowest BCUT2D eigenvalue weighted by molar-refractivity contribution is -0.114. The van der Waals surface area contributed by atoms with Crippen LogP contribution in [0.4, 0.5) is 0 Å². The third-order valence-electron chi connectivity index (χ3n) is 1.64. The summed E-state index contributed by atoms with van der Waals surface area (Å²) in [5, 5.41) is 0. The topological polar surface area (TPSA) is 30.0 Å². The van der Waals surface area contributed by atoms with E-state index in [-0.39, 0.29) is 5.78 Å². The maximum absolute atomic E-state index is 10.9. The van der Waals surface area contributed by atoms with Crippen LogP contribution in [0, 0.1) is 0 Å². The van der Waals surface area contributed by atoms with Crippen LogP contribution in [-0.4, -0.2) is 10.8 Å². The summed E-state index contributed by atoms with van der Waals surface area (Å²) in [5.74, 6) is 0.0896. The van der Waals surface area contributed by atoms with Crippen LogP contribution in [0.25, 0.3) is 0 Å². The van der Waals surface area contributed by atoms with Crippen molar-refractivity contribution >= 4 is 5.78 Å². The van der Waals surface area contributed by atoms with Crippen molar-refractivity contribution in [1.82, 2.24) is 4.98 Å². The SMILES string of the molecule is C=CC(=O)CCc1ccncc1. The minimum Gasteiger partial charge on any atom is -0.295 e. The number of carbonyl (C=O) groups excluding carboxylic acids is 1. The van der Waals surface area contributed by atoms with E-state index in [1.54, 1.807) is 12.4 Å². The van der Waals surface area contributed by atoms with Gasteiger partial charge in [-0.1, -0.05) is 6.58 Å². The van der Waals surface area contributed by atoms with Gasteiger partial charge in [-0.25, -0.2) is 0 Å². The van der Waals surface area contributed by atoms with Crippen LogP contribution >= 0.6 is 0 Å². The molecule has 1 aromatic rings. The third-order valence-corrected chi connectivity index (χ3v) is 1.64. The molecule has 1 aromatic heterocycles. The van der Waals surface area contributed by atoms with Crippen LogP contribution in [0.5, 0.6) is 0 Å². The molecule has 1 heterocycles. The Morgan fingerprint density at radius 2 is 2.17 bits per heavy atom. The molecule has 1 rings (SSSR count). The maximum Gasteiger partial charge on any atom is 0.155 e. The average Bonchev–Trinajstić information content (AvgIpc) is 2.16. The number of nitrogens with zero attached hydrogens (tertiary/aromatic N) is 1. The molecular weight excluding hydrogens is 150 g/mol. The average molecular weight is 161 g/mol. The minimum atomic E-state index is 0.0896. The highest BCUT2D eigenvalue weighted by Gasteiger charge is 1.96. The fourth-order valence-corrected chi connectivity index (χ4v) is 0.919. The van der Waals surface area contributed by atoms with Gasteiger partial charge in [0.2, 0.25) is 0 Å². The van der Waals surface area contributed by atoms with E-state index < -0.39 is 0 Å². The normalized spacial score (nSPS) is 9.33. The quantitative estimate of drug-likeness (QED) is 0.630. The molecule has 0 unspecified atom stereocenters. The Morgan fingerprint density at radius 1 is 1.50 bits per heavy atom. The van der Waals surface area contributed by atoms with Crippen molar-refractivity contribution in [1.29, 1.82) is 0 Å². The molecule has 2 heteroatoms. The second-order valence-electron chi connectivity index (χ2n) is 2.53. The number of aromatic nitrogens is 1. The molecule has 62 valence electrons. The van der Waals surface area contributed by atoms with Crippen molar-refractivity contribution in [3.8, 4) is 0 Å². The van der Waals surface area contributed by atoms with E-state index in [1.807, 2.05) is 12.1 Å². The van der Waals surface area contributed by atoms with E-state index in [1.165, 1.54) is 6.08 Å². The van der Waals surface area contributed by atoms with Gasteiger partial charge < -0.3 is 0 Å². The fourth-order valence-electron chi connectivity index (χ4n) is 0.919. The summed E-state index contributed by atoms with van der Waals surface area (Å²) in [6.45, 7) is 3.41. The summed E-state index contributed by atoms with van der Waals surface area (Å²) in [7, 11) is 0. The lowest BCUT2D eigenvalue weighted by Crippen LogP contribution is -1.95. The zero-order valence-corrected chi connectivity index (χ0v) is 6.86. The fraction of sp³-hybridized carbons (Fsp3) is 0.200. The van der Waals surface area contributed by atoms with Crippen LogP contribution in [-0.2, 0) is 11.2 Å². The van der Waals surface area contributed by atoms with Gasteiger partial charge in [-0.3, -0.25) is 9.78 Å². The molecule has 0 aromatic carbocycles. The predicted octanol–water partition coefficient (Wildman–Crippen LogP) is 1.77. The first-order valence-electron chi connectivity index (χ1n) is 3.87. The molecule has 0 saturated heterocycles. The van der Waals surface area contributed by atoms with Gasteiger partial charge in [0.1, 0.15) is 0 Å². The van der Waals surface area contributed by atoms with Gasteiger partial charge in [-0.2, -0.15) is 0 Å². The highest BCUT2D eigenvalue weighted by molar-refractivity contribution is 5.89. The van der Waals surface area contributed by atoms with Gasteiger partial charge in [0.15, 0.2) is 5.78 Å². The third kappa shape index (κ3) is 2.66. The highest BCUT2D eigenvalue weighted by atomic mass is 16.1. The molecule has 0 spiro atoms. The molecule has 0 aliphatic carbocycles. The van der Waals surface area contributed by atoms with Gasteiger partial charge in [-0.05, 0) is 30.2 Å². The molecule has 0 aliphatic heterocycles. The van der Waals surface area contributed by atoms with E-state index in [4.69, 9.17) is 0 Å². The molecule has 2 nitrogen and oxygen atoms in total. The van der Waals surface area contributed by atoms with Crippen molar-refractivity contribution < 1.29 is 4.79 Å². The predicted molar refractivity (Wildman–Crippen MR) is 47.8 cm³/mol. The summed E-state index contributed by atoms with van der Waals surface area (Å²) in [6.07, 6.45) is 6.13. The van der Waals surface area contributed by atoms with Crippen LogP contribution < -0.4 is 0 Å². The Balaban J connectivity index is 2.43. The van der Waals surface area contributed by atoms with E-state index >= 15 is 0 Å². The molecule has 0 fully saturated rings. The van der Waals surface area contributed by atoms with Gasteiger partial charge in [-0.15, -0.1) is 0 Å². The van der Waals surface area contributed by atoms with E-state index in [2.05, 4.69) is 11.6 Å². The Kier molecular flexibility index (Phi) is 3.20. The van der Waals surface area contributed by atoms with E-state index in [0.717, 1.165) is 12.0 Å². The molecule has 12 heavy (non-hydrogen) atoms. The van der Waals surface area contributed by atoms with Gasteiger partial charge in [0.05, 0.1) is 0 Å². The maximum atomic E-state index is 10.9. The van der Waals surface area contributed by atoms with Crippen molar-refractivity contribution in [3.05, 3.63) is 42.7 Å². The van der Waals surface area contributed by atoms with Crippen molar-refractivity contribution in [2.75, 3.05) is 0 Å². The molecule has 0 aliphatic rings. The summed E-state index contributed by atoms with van der Waals surface area (Å²) in [4.78, 5) is 14.7. The molecule has 0 saturated carbocycles. The van der Waals surface area contributed by atoms with Gasteiger partial charge >= 0.3 is 0 Å². The first kappa shape index (κ1) is 8.65. The second kappa shape index (κ2) is 4.44. The number of ketones is 1. The van der Waals surface area contributed by atoms with Crippen LogP contribution in [0.3, 0.4) is 0 Å². The second-order valence-corrected chi connectivity index (χ2v) is 2.53. The van der Waals surface area contributed by atoms with Gasteiger partial charge in [0, 0.05) is 18.8 Å². The zero-order chi connectivity index (χ0) is 8.81. The Morgan fingerprint density at radius 3 is 2.75 bits per heavy atom. The lowest BCUT2D eigenvalue weighted by Gasteiger charge is -1.96. The number of pyridine rings is 1. The standard InChI is InChI=1S/C10H11NO/c1-2-10(12)4-3-9-5-7-11-8-6-9/h2,5-8H,1,3-4H2. The number of aryl methyl sites for hydroxylation is 1. The van der Waals surface area contributed by atoms with Gasteiger partial charge in [0.25, 0.3) is 0 Å². The van der Waals surface area contributed by atoms with Crippen LogP contribution in [0.2, 0.25) is 0 Å². The summed E-state index contributed by atoms with van der Waals surface area (Å²) >= 11 is 0. The Bertz CT molecular complexity index is 266. The molecule has 0 bridgehead atoms. The first-order valence-corrected chi connectivity index (χ1v) is 3.87. The van der Waals surface area contributed by atoms with Crippen LogP contribution in [0.1, 0.15) is 12.0 Å². The largest absolute Gasteiger partial charge is 0.295 e. The molecular formula is C10H11NO. The number of carbonyl (C=O) groups is 1. The molecule has 0 radical (unpaired) electrons. The number of hydrogen-bond donors (Lipinski definition) is 0. The summed E-state index contributed by atoms with van der Waals surface area (Å²) in [5.41, 5.74) is 1.14. The van der Waals surface area contributed by atoms with Crippen molar-refractivity contribution in [2.45, 2.75) is 12.8 Å². The summed E-state index contributed by atoms with van der Waals surface area (Å²) in [6, 6.07) is 3.83. The van der Waals surface area contributed by atoms with Crippen molar-refractivity contribution in [2.24, 2.45) is 0 Å². The monoisotopic (exact) mass is 161 g/mol. The number of rotatable bonds is 4. The van der Waals surface area contributed by atoms with Crippen LogP contribution in [0.15, 0.2) is 37.2 Å². The zero-order valence-electron chi connectivity index (χ0n) is 6.86. The summed E-state index contributed by atoms with van der Waals surface area (Å²) < 4.78 is 0. The number of allylic oxidation sites excluding steroid dienone is 1. The van der Waals surface area contributed by atoms with Crippen molar-refractivity contribution in [3.63, 3.8) is 0 Å². The highest BCUT2D eigenvalue weighted by Crippen LogP contribution is 2.01. The minimum absolute atomic E-state index is 0.0896. The molecule has 0 atom stereocenters. The van der Waals surface area contributed by atoms with E-state index in [9.17, 15) is 4.79 Å².